The van der Waals surface area contributed by atoms with Crippen LogP contribution in [0.25, 0.3) is 0 Å². The van der Waals surface area contributed by atoms with Crippen LogP contribution in [0.4, 0.5) is 18.9 Å². The number of nitrogens with one attached hydrogen (secondary N) is 1. The van der Waals surface area contributed by atoms with Gasteiger partial charge in [0.25, 0.3) is 0 Å². The first-order valence-corrected chi connectivity index (χ1v) is 7.38. The van der Waals surface area contributed by atoms with Crippen LogP contribution in [0.2, 0.25) is 15.1 Å². The third-order valence-electron chi connectivity index (χ3n) is 3.56. The summed E-state index contributed by atoms with van der Waals surface area (Å²) in [5.74, 6) is -1.19. The summed E-state index contributed by atoms with van der Waals surface area (Å²) < 4.78 is 37.7. The molecule has 0 bridgehead atoms. The van der Waals surface area contributed by atoms with E-state index in [1.165, 1.54) is 6.07 Å². The molecule has 0 aliphatic heterocycles. The minimum Gasteiger partial charge on any atom is -0.381 e. The van der Waals surface area contributed by atoms with E-state index in [2.05, 4.69) is 5.32 Å². The molecular weight excluding hydrogens is 334 g/mol. The van der Waals surface area contributed by atoms with Crippen LogP contribution in [-0.2, 0) is 0 Å². The first-order chi connectivity index (χ1) is 9.27. The van der Waals surface area contributed by atoms with Gasteiger partial charge in [-0.05, 0) is 37.8 Å². The quantitative estimate of drug-likeness (QED) is 0.630. The molecule has 1 nitrogen and oxygen atoms in total. The topological polar surface area (TPSA) is 12.0 Å². The molecule has 0 radical (unpaired) electrons. The lowest BCUT2D eigenvalue weighted by molar-refractivity contribution is -0.182. The van der Waals surface area contributed by atoms with E-state index in [-0.39, 0.29) is 18.9 Å². The predicted molar refractivity (Wildman–Crippen MR) is 76.9 cm³/mol. The fourth-order valence-electron chi connectivity index (χ4n) is 2.42. The lowest BCUT2D eigenvalue weighted by Gasteiger charge is -2.31. The van der Waals surface area contributed by atoms with Crippen LogP contribution in [-0.4, -0.2) is 12.2 Å². The molecule has 7 heteroatoms. The van der Waals surface area contributed by atoms with E-state index >= 15 is 0 Å². The second kappa shape index (κ2) is 6.20. The van der Waals surface area contributed by atoms with Gasteiger partial charge in [0.15, 0.2) is 0 Å². The van der Waals surface area contributed by atoms with Crippen molar-refractivity contribution in [2.75, 3.05) is 5.32 Å². The molecular formula is C13H13Cl3F3N. The molecule has 0 amide bonds. The molecule has 1 saturated carbocycles. The Morgan fingerprint density at radius 1 is 0.900 bits per heavy atom. The Balaban J connectivity index is 1.98. The first kappa shape index (κ1) is 16.1. The van der Waals surface area contributed by atoms with Crippen molar-refractivity contribution < 1.29 is 13.2 Å². The molecule has 0 heterocycles. The second-order valence-corrected chi connectivity index (χ2v) is 6.20. The van der Waals surface area contributed by atoms with Crippen LogP contribution in [0.3, 0.4) is 0 Å². The Morgan fingerprint density at radius 3 is 2.00 bits per heavy atom. The molecule has 1 aromatic carbocycles. The van der Waals surface area contributed by atoms with Crippen LogP contribution in [0, 0.1) is 5.92 Å². The van der Waals surface area contributed by atoms with Gasteiger partial charge in [0.2, 0.25) is 0 Å². The smallest absolute Gasteiger partial charge is 0.381 e. The third kappa shape index (κ3) is 3.86. The third-order valence-corrected chi connectivity index (χ3v) is 4.59. The van der Waals surface area contributed by atoms with E-state index in [0.29, 0.717) is 33.6 Å². The zero-order valence-corrected chi connectivity index (χ0v) is 12.7. The molecule has 1 aromatic rings. The van der Waals surface area contributed by atoms with Gasteiger partial charge in [0.05, 0.1) is 26.7 Å². The monoisotopic (exact) mass is 345 g/mol. The molecule has 2 rings (SSSR count). The Bertz CT molecular complexity index is 482. The molecule has 1 aliphatic rings. The van der Waals surface area contributed by atoms with Crippen molar-refractivity contribution in [1.29, 1.82) is 0 Å². The van der Waals surface area contributed by atoms with Crippen LogP contribution < -0.4 is 5.32 Å². The number of hydrogen-bond acceptors (Lipinski definition) is 1. The van der Waals surface area contributed by atoms with Gasteiger partial charge < -0.3 is 5.32 Å². The number of rotatable bonds is 2. The van der Waals surface area contributed by atoms with E-state index < -0.39 is 12.1 Å². The maximum atomic E-state index is 12.6. The highest BCUT2D eigenvalue weighted by Gasteiger charge is 2.41. The molecule has 1 N–H and O–H groups in total. The number of alkyl halides is 3. The molecule has 20 heavy (non-hydrogen) atoms. The summed E-state index contributed by atoms with van der Waals surface area (Å²) in [6, 6.07) is 3.10. The van der Waals surface area contributed by atoms with Crippen LogP contribution in [0.15, 0.2) is 12.1 Å². The molecule has 0 spiro atoms. The Morgan fingerprint density at radius 2 is 1.45 bits per heavy atom. The molecule has 112 valence electrons. The SMILES string of the molecule is FC(F)(F)C1CCC(Nc2cc(Cl)c(Cl)cc2Cl)CC1. The minimum absolute atomic E-state index is 0.0247. The molecule has 1 aliphatic carbocycles. The largest absolute Gasteiger partial charge is 0.391 e. The maximum Gasteiger partial charge on any atom is 0.391 e. The van der Waals surface area contributed by atoms with Crippen LogP contribution in [0.1, 0.15) is 25.7 Å². The van der Waals surface area contributed by atoms with Crippen molar-refractivity contribution in [3.05, 3.63) is 27.2 Å². The second-order valence-electron chi connectivity index (χ2n) is 4.98. The minimum atomic E-state index is -4.09. The highest BCUT2D eigenvalue weighted by Crippen LogP contribution is 2.39. The van der Waals surface area contributed by atoms with Gasteiger partial charge in [-0.15, -0.1) is 0 Å². The summed E-state index contributed by atoms with van der Waals surface area (Å²) >= 11 is 17.8. The fraction of sp³-hybridized carbons (Fsp3) is 0.538. The summed E-state index contributed by atoms with van der Waals surface area (Å²) in [4.78, 5) is 0. The Hall–Kier alpha value is -0.320. The van der Waals surface area contributed by atoms with E-state index in [1.807, 2.05) is 0 Å². The normalized spacial score (nSPS) is 23.7. The fourth-order valence-corrected chi connectivity index (χ4v) is 3.02. The van der Waals surface area contributed by atoms with Gasteiger partial charge >= 0.3 is 6.18 Å². The Labute approximate surface area is 130 Å². The number of halogens is 6. The molecule has 0 atom stereocenters. The lowest BCUT2D eigenvalue weighted by atomic mass is 9.85. The summed E-state index contributed by atoms with van der Waals surface area (Å²) in [5, 5.41) is 4.27. The first-order valence-electron chi connectivity index (χ1n) is 6.25. The number of benzene rings is 1. The van der Waals surface area contributed by atoms with Crippen molar-refractivity contribution in [2.45, 2.75) is 37.9 Å². The molecule has 0 saturated heterocycles. The van der Waals surface area contributed by atoms with Crippen molar-refractivity contribution in [1.82, 2.24) is 0 Å². The standard InChI is InChI=1S/C13H13Cl3F3N/c14-9-5-11(16)12(6-10(9)15)20-8-3-1-7(2-4-8)13(17,18)19/h5-8,20H,1-4H2. The summed E-state index contributed by atoms with van der Waals surface area (Å²) in [6.45, 7) is 0. The van der Waals surface area contributed by atoms with Crippen molar-refractivity contribution in [3.63, 3.8) is 0 Å². The molecule has 0 aromatic heterocycles. The van der Waals surface area contributed by atoms with Gasteiger partial charge in [0, 0.05) is 6.04 Å². The zero-order valence-electron chi connectivity index (χ0n) is 10.4. The van der Waals surface area contributed by atoms with Gasteiger partial charge in [-0.1, -0.05) is 34.8 Å². The highest BCUT2D eigenvalue weighted by molar-refractivity contribution is 6.44. The molecule has 0 unspecified atom stereocenters. The summed E-state index contributed by atoms with van der Waals surface area (Å²) in [7, 11) is 0. The lowest BCUT2D eigenvalue weighted by Crippen LogP contribution is -2.32. The predicted octanol–water partition coefficient (Wildman–Crippen LogP) is 6.18. The maximum absolute atomic E-state index is 12.6. The van der Waals surface area contributed by atoms with Crippen LogP contribution in [0.5, 0.6) is 0 Å². The molecule has 1 fully saturated rings. The van der Waals surface area contributed by atoms with Crippen LogP contribution >= 0.6 is 34.8 Å². The van der Waals surface area contributed by atoms with Crippen molar-refractivity contribution >= 4 is 40.5 Å². The number of anilines is 1. The van der Waals surface area contributed by atoms with E-state index in [0.717, 1.165) is 0 Å². The number of hydrogen-bond donors (Lipinski definition) is 1. The highest BCUT2D eigenvalue weighted by atomic mass is 35.5. The summed E-state index contributed by atoms with van der Waals surface area (Å²) in [6.07, 6.45) is -2.89. The summed E-state index contributed by atoms with van der Waals surface area (Å²) in [5.41, 5.74) is 0.608. The van der Waals surface area contributed by atoms with E-state index in [1.54, 1.807) is 6.07 Å². The van der Waals surface area contributed by atoms with Gasteiger partial charge in [-0.3, -0.25) is 0 Å². The average molecular weight is 347 g/mol. The Kier molecular flexibility index (Phi) is 4.98. The van der Waals surface area contributed by atoms with Gasteiger partial charge in [-0.2, -0.15) is 13.2 Å². The average Bonchev–Trinajstić information content (AvgIpc) is 2.35. The van der Waals surface area contributed by atoms with E-state index in [4.69, 9.17) is 34.8 Å². The van der Waals surface area contributed by atoms with E-state index in [9.17, 15) is 13.2 Å². The van der Waals surface area contributed by atoms with Crippen molar-refractivity contribution in [3.8, 4) is 0 Å². The van der Waals surface area contributed by atoms with Gasteiger partial charge in [-0.25, -0.2) is 0 Å². The van der Waals surface area contributed by atoms with Gasteiger partial charge in [0.1, 0.15) is 0 Å². The van der Waals surface area contributed by atoms with Crippen molar-refractivity contribution in [2.24, 2.45) is 5.92 Å². The zero-order chi connectivity index (χ0) is 14.9.